The second kappa shape index (κ2) is 6.35. The molecule has 2 aromatic rings. The first kappa shape index (κ1) is 13.5. The second-order valence-corrected chi connectivity index (χ2v) is 5.90. The Morgan fingerprint density at radius 2 is 1.90 bits per heavy atom. The van der Waals surface area contributed by atoms with Crippen molar-refractivity contribution in [3.8, 4) is 0 Å². The fraction of sp³-hybridized carbons (Fsp3) is 0.400. The predicted octanol–water partition coefficient (Wildman–Crippen LogP) is 2.00. The average Bonchev–Trinajstić information content (AvgIpc) is 3.03. The molecule has 0 saturated carbocycles. The summed E-state index contributed by atoms with van der Waals surface area (Å²) in [6, 6.07) is 9.88. The zero-order valence-electron chi connectivity index (χ0n) is 11.4. The summed E-state index contributed by atoms with van der Waals surface area (Å²) in [4.78, 5) is 8.99. The van der Waals surface area contributed by atoms with Crippen molar-refractivity contribution in [2.45, 2.75) is 6.10 Å². The lowest BCUT2D eigenvalue weighted by Gasteiger charge is -2.35. The molecule has 20 heavy (non-hydrogen) atoms. The fourth-order valence-electron chi connectivity index (χ4n) is 2.52. The number of anilines is 1. The van der Waals surface area contributed by atoms with Crippen LogP contribution in [0.3, 0.4) is 0 Å². The topological polar surface area (TPSA) is 39.6 Å². The molecule has 0 radical (unpaired) electrons. The Morgan fingerprint density at radius 1 is 1.15 bits per heavy atom. The third-order valence-electron chi connectivity index (χ3n) is 3.68. The summed E-state index contributed by atoms with van der Waals surface area (Å²) < 4.78 is 0. The van der Waals surface area contributed by atoms with Crippen molar-refractivity contribution >= 4 is 16.5 Å². The molecular weight excluding hydrogens is 270 g/mol. The van der Waals surface area contributed by atoms with Gasteiger partial charge in [-0.25, -0.2) is 4.98 Å². The van der Waals surface area contributed by atoms with Crippen LogP contribution in [-0.2, 0) is 0 Å². The molecule has 1 aliphatic heterocycles. The van der Waals surface area contributed by atoms with Gasteiger partial charge in [0.1, 0.15) is 0 Å². The normalized spacial score (nSPS) is 18.1. The number of nitrogens with zero attached hydrogens (tertiary/aromatic N) is 3. The smallest absolute Gasteiger partial charge is 0.185 e. The van der Waals surface area contributed by atoms with Crippen molar-refractivity contribution in [1.82, 2.24) is 9.88 Å². The van der Waals surface area contributed by atoms with Crippen molar-refractivity contribution in [2.75, 3.05) is 37.6 Å². The van der Waals surface area contributed by atoms with E-state index in [9.17, 15) is 5.11 Å². The van der Waals surface area contributed by atoms with E-state index in [1.54, 1.807) is 11.3 Å². The molecular formula is C15H19N3OS. The highest BCUT2D eigenvalue weighted by Crippen LogP contribution is 2.20. The molecule has 3 rings (SSSR count). The van der Waals surface area contributed by atoms with Crippen LogP contribution in [0.5, 0.6) is 0 Å². The Hall–Kier alpha value is -1.43. The number of thiazole rings is 1. The van der Waals surface area contributed by atoms with Crippen molar-refractivity contribution in [3.05, 3.63) is 47.5 Å². The summed E-state index contributed by atoms with van der Waals surface area (Å²) in [6.45, 7) is 4.62. The van der Waals surface area contributed by atoms with Gasteiger partial charge in [0.05, 0.1) is 6.10 Å². The van der Waals surface area contributed by atoms with Gasteiger partial charge in [0, 0.05) is 44.3 Å². The van der Waals surface area contributed by atoms with Gasteiger partial charge < -0.3 is 10.0 Å². The van der Waals surface area contributed by atoms with Gasteiger partial charge in [-0.1, -0.05) is 30.3 Å². The maximum absolute atomic E-state index is 10.3. The molecule has 1 atom stereocenters. The molecule has 0 aliphatic carbocycles. The SMILES string of the molecule is O[C@H](CN1CCN(c2nccs2)CC1)c1ccccc1. The number of aliphatic hydroxyl groups excluding tert-OH is 1. The Kier molecular flexibility index (Phi) is 4.30. The highest BCUT2D eigenvalue weighted by molar-refractivity contribution is 7.13. The standard InChI is InChI=1S/C15H19N3OS/c19-14(13-4-2-1-3-5-13)12-17-7-9-18(10-8-17)15-16-6-11-20-15/h1-6,11,14,19H,7-10,12H2/t14-/m1/s1. The predicted molar refractivity (Wildman–Crippen MR) is 82.2 cm³/mol. The molecule has 1 aliphatic rings. The number of rotatable bonds is 4. The molecule has 1 fully saturated rings. The van der Waals surface area contributed by atoms with Crippen molar-refractivity contribution in [1.29, 1.82) is 0 Å². The maximum Gasteiger partial charge on any atom is 0.185 e. The quantitative estimate of drug-likeness (QED) is 0.934. The largest absolute Gasteiger partial charge is 0.387 e. The molecule has 0 bridgehead atoms. The van der Waals surface area contributed by atoms with Gasteiger partial charge in [0.15, 0.2) is 5.13 Å². The maximum atomic E-state index is 10.3. The van der Waals surface area contributed by atoms with Crippen LogP contribution in [0.15, 0.2) is 41.9 Å². The van der Waals surface area contributed by atoms with Crippen LogP contribution in [0.25, 0.3) is 0 Å². The van der Waals surface area contributed by atoms with Gasteiger partial charge in [0.2, 0.25) is 0 Å². The van der Waals surface area contributed by atoms with E-state index in [1.165, 1.54) is 0 Å². The van der Waals surface area contributed by atoms with Crippen LogP contribution in [0, 0.1) is 0 Å². The summed E-state index contributed by atoms with van der Waals surface area (Å²) >= 11 is 1.69. The molecule has 4 nitrogen and oxygen atoms in total. The molecule has 5 heteroatoms. The Morgan fingerprint density at radius 3 is 2.55 bits per heavy atom. The van der Waals surface area contributed by atoms with E-state index in [1.807, 2.05) is 41.9 Å². The highest BCUT2D eigenvalue weighted by atomic mass is 32.1. The number of aliphatic hydroxyl groups is 1. The van der Waals surface area contributed by atoms with Gasteiger partial charge in [-0.15, -0.1) is 11.3 Å². The number of benzene rings is 1. The van der Waals surface area contributed by atoms with E-state index >= 15 is 0 Å². The van der Waals surface area contributed by atoms with Gasteiger partial charge in [-0.3, -0.25) is 4.90 Å². The van der Waals surface area contributed by atoms with E-state index in [2.05, 4.69) is 14.8 Å². The van der Waals surface area contributed by atoms with E-state index in [-0.39, 0.29) is 0 Å². The number of hydrogen-bond acceptors (Lipinski definition) is 5. The molecule has 1 N–H and O–H groups in total. The lowest BCUT2D eigenvalue weighted by Crippen LogP contribution is -2.47. The number of β-amino-alcohol motifs (C(OH)–C–C–N with tert-alkyl or cyclic N) is 1. The molecule has 0 unspecified atom stereocenters. The minimum atomic E-state index is -0.400. The zero-order valence-corrected chi connectivity index (χ0v) is 12.2. The van der Waals surface area contributed by atoms with E-state index in [4.69, 9.17) is 0 Å². The summed E-state index contributed by atoms with van der Waals surface area (Å²) in [5.74, 6) is 0. The average molecular weight is 289 g/mol. The zero-order chi connectivity index (χ0) is 13.8. The van der Waals surface area contributed by atoms with Crippen LogP contribution >= 0.6 is 11.3 Å². The van der Waals surface area contributed by atoms with Crippen LogP contribution in [-0.4, -0.2) is 47.7 Å². The first-order chi connectivity index (χ1) is 9.83. The van der Waals surface area contributed by atoms with Crippen LogP contribution in [0.4, 0.5) is 5.13 Å². The fourth-order valence-corrected chi connectivity index (χ4v) is 3.22. The Labute approximate surface area is 123 Å². The molecule has 1 saturated heterocycles. The van der Waals surface area contributed by atoms with Crippen LogP contribution in [0.1, 0.15) is 11.7 Å². The van der Waals surface area contributed by atoms with Crippen molar-refractivity contribution < 1.29 is 5.11 Å². The van der Waals surface area contributed by atoms with E-state index < -0.39 is 6.10 Å². The van der Waals surface area contributed by atoms with Gasteiger partial charge in [0.25, 0.3) is 0 Å². The Bertz CT molecular complexity index is 509. The summed E-state index contributed by atoms with van der Waals surface area (Å²) in [7, 11) is 0. The third-order valence-corrected chi connectivity index (χ3v) is 4.51. The molecule has 0 amide bonds. The number of hydrogen-bond donors (Lipinski definition) is 1. The lowest BCUT2D eigenvalue weighted by molar-refractivity contribution is 0.109. The number of aromatic nitrogens is 1. The lowest BCUT2D eigenvalue weighted by atomic mass is 10.1. The van der Waals surface area contributed by atoms with Crippen molar-refractivity contribution in [2.24, 2.45) is 0 Å². The van der Waals surface area contributed by atoms with Gasteiger partial charge >= 0.3 is 0 Å². The minimum Gasteiger partial charge on any atom is -0.387 e. The monoisotopic (exact) mass is 289 g/mol. The van der Waals surface area contributed by atoms with Gasteiger partial charge in [-0.05, 0) is 5.56 Å². The molecule has 1 aromatic heterocycles. The molecule has 0 spiro atoms. The van der Waals surface area contributed by atoms with Crippen LogP contribution < -0.4 is 4.90 Å². The molecule has 106 valence electrons. The number of piperazine rings is 1. The third kappa shape index (κ3) is 3.17. The van der Waals surface area contributed by atoms with Crippen molar-refractivity contribution in [3.63, 3.8) is 0 Å². The summed E-state index contributed by atoms with van der Waals surface area (Å²) in [6.07, 6.45) is 1.45. The van der Waals surface area contributed by atoms with Crippen LogP contribution in [0.2, 0.25) is 0 Å². The molecule has 1 aromatic carbocycles. The Balaban J connectivity index is 1.51. The first-order valence-electron chi connectivity index (χ1n) is 6.93. The summed E-state index contributed by atoms with van der Waals surface area (Å²) in [5, 5.41) is 13.4. The summed E-state index contributed by atoms with van der Waals surface area (Å²) in [5.41, 5.74) is 0.995. The molecule has 2 heterocycles. The van der Waals surface area contributed by atoms with E-state index in [0.717, 1.165) is 36.9 Å². The van der Waals surface area contributed by atoms with E-state index in [0.29, 0.717) is 6.54 Å². The minimum absolute atomic E-state index is 0.400. The van der Waals surface area contributed by atoms with Gasteiger partial charge in [-0.2, -0.15) is 0 Å². The second-order valence-electron chi connectivity index (χ2n) is 5.03. The first-order valence-corrected chi connectivity index (χ1v) is 7.81. The highest BCUT2D eigenvalue weighted by Gasteiger charge is 2.20.